The highest BCUT2D eigenvalue weighted by atomic mass is 16.3. The molecular formula is C24H41O. The molecule has 0 heterocycles. The molecule has 1 nitrogen and oxygen atoms in total. The molecule has 1 aromatic rings. The van der Waals surface area contributed by atoms with Gasteiger partial charge in [0.15, 0.2) is 0 Å². The zero-order valence-electron chi connectivity index (χ0n) is 16.6. The van der Waals surface area contributed by atoms with Crippen LogP contribution in [0.2, 0.25) is 0 Å². The third kappa shape index (κ3) is 14.1. The van der Waals surface area contributed by atoms with Crippen LogP contribution >= 0.6 is 0 Å². The van der Waals surface area contributed by atoms with Gasteiger partial charge in [-0.25, -0.2) is 0 Å². The average Bonchev–Trinajstić information content (AvgIpc) is 2.63. The van der Waals surface area contributed by atoms with Crippen molar-refractivity contribution in [3.8, 4) is 0 Å². The monoisotopic (exact) mass is 345 g/mol. The first-order valence-corrected chi connectivity index (χ1v) is 10.9. The Bertz CT molecular complexity index is 373. The van der Waals surface area contributed by atoms with Crippen LogP contribution in [0.25, 0.3) is 0 Å². The van der Waals surface area contributed by atoms with Crippen molar-refractivity contribution >= 4 is 0 Å². The average molecular weight is 346 g/mol. The summed E-state index contributed by atoms with van der Waals surface area (Å²) in [5.74, 6) is 0. The summed E-state index contributed by atoms with van der Waals surface area (Å²) in [5.41, 5.74) is 1.13. The third-order valence-electron chi connectivity index (χ3n) is 5.04. The lowest BCUT2D eigenvalue weighted by molar-refractivity contribution is 0.195. The summed E-state index contributed by atoms with van der Waals surface area (Å²) >= 11 is 0. The van der Waals surface area contributed by atoms with Gasteiger partial charge < -0.3 is 5.11 Å². The first-order valence-electron chi connectivity index (χ1n) is 10.9. The maximum atomic E-state index is 10.0. The molecule has 0 aromatic heterocycles. The second-order valence-corrected chi connectivity index (χ2v) is 7.53. The highest BCUT2D eigenvalue weighted by molar-refractivity contribution is 5.23. The molecule has 0 saturated carbocycles. The van der Waals surface area contributed by atoms with E-state index in [4.69, 9.17) is 0 Å². The van der Waals surface area contributed by atoms with Gasteiger partial charge >= 0.3 is 0 Å². The van der Waals surface area contributed by atoms with Crippen LogP contribution in [0.4, 0.5) is 0 Å². The van der Waals surface area contributed by atoms with Gasteiger partial charge in [0.1, 0.15) is 0 Å². The number of unbranched alkanes of at least 4 members (excludes halogenated alkanes) is 13. The van der Waals surface area contributed by atoms with E-state index in [-0.39, 0.29) is 6.10 Å². The fraction of sp³-hybridized carbons (Fsp3) is 0.708. The molecule has 1 radical (unpaired) electrons. The van der Waals surface area contributed by atoms with Gasteiger partial charge in [-0.2, -0.15) is 0 Å². The molecule has 1 heteroatoms. The van der Waals surface area contributed by atoms with Gasteiger partial charge in [-0.15, -0.1) is 0 Å². The molecule has 1 unspecified atom stereocenters. The van der Waals surface area contributed by atoms with E-state index in [0.717, 1.165) is 18.4 Å². The fourth-order valence-corrected chi connectivity index (χ4v) is 3.42. The second kappa shape index (κ2) is 16.6. The molecule has 1 aromatic carbocycles. The van der Waals surface area contributed by atoms with E-state index >= 15 is 0 Å². The Labute approximate surface area is 157 Å². The van der Waals surface area contributed by atoms with Gasteiger partial charge in [0, 0.05) is 6.42 Å². The van der Waals surface area contributed by atoms with Crippen molar-refractivity contribution in [3.63, 3.8) is 0 Å². The number of hydrogen-bond donors (Lipinski definition) is 1. The number of aliphatic hydroxyl groups excluding tert-OH is 1. The minimum absolute atomic E-state index is 0.292. The van der Waals surface area contributed by atoms with Gasteiger partial charge in [0.05, 0.1) is 6.10 Å². The van der Waals surface area contributed by atoms with E-state index in [0.29, 0.717) is 0 Å². The van der Waals surface area contributed by atoms with Crippen molar-refractivity contribution in [2.75, 3.05) is 0 Å². The van der Waals surface area contributed by atoms with Crippen molar-refractivity contribution in [1.29, 1.82) is 0 Å². The SMILES string of the molecule is CCCCCCCCCCCCCCCCC(O)[CH]c1ccccc1. The lowest BCUT2D eigenvalue weighted by Crippen LogP contribution is -2.07. The van der Waals surface area contributed by atoms with E-state index in [1.807, 2.05) is 24.6 Å². The Morgan fingerprint density at radius 1 is 0.680 bits per heavy atom. The smallest absolute Gasteiger partial charge is 0.0615 e. The second-order valence-electron chi connectivity index (χ2n) is 7.53. The number of hydrogen-bond acceptors (Lipinski definition) is 1. The maximum Gasteiger partial charge on any atom is 0.0615 e. The predicted octanol–water partition coefficient (Wildman–Crippen LogP) is 7.47. The number of aliphatic hydroxyl groups is 1. The number of rotatable bonds is 17. The topological polar surface area (TPSA) is 20.2 Å². The van der Waals surface area contributed by atoms with Crippen molar-refractivity contribution in [2.45, 2.75) is 109 Å². The summed E-state index contributed by atoms with van der Waals surface area (Å²) in [7, 11) is 0. The number of benzene rings is 1. The summed E-state index contributed by atoms with van der Waals surface area (Å²) in [6.07, 6.45) is 21.9. The lowest BCUT2D eigenvalue weighted by Gasteiger charge is -2.10. The minimum Gasteiger partial charge on any atom is -0.392 e. The molecule has 1 N–H and O–H groups in total. The van der Waals surface area contributed by atoms with E-state index in [1.165, 1.54) is 83.5 Å². The molecule has 0 saturated heterocycles. The van der Waals surface area contributed by atoms with E-state index in [2.05, 4.69) is 19.1 Å². The zero-order valence-corrected chi connectivity index (χ0v) is 16.6. The van der Waals surface area contributed by atoms with Crippen molar-refractivity contribution in [1.82, 2.24) is 0 Å². The molecular weight excluding hydrogens is 304 g/mol. The molecule has 0 spiro atoms. The molecule has 1 rings (SSSR count). The first kappa shape index (κ1) is 22.2. The van der Waals surface area contributed by atoms with Gasteiger partial charge in [0.25, 0.3) is 0 Å². The zero-order chi connectivity index (χ0) is 18.0. The van der Waals surface area contributed by atoms with Crippen LogP contribution in [0, 0.1) is 6.42 Å². The molecule has 0 bridgehead atoms. The lowest BCUT2D eigenvalue weighted by atomic mass is 10.0. The van der Waals surface area contributed by atoms with Crippen LogP contribution in [-0.4, -0.2) is 11.2 Å². The van der Waals surface area contributed by atoms with Crippen molar-refractivity contribution < 1.29 is 5.11 Å². The fourth-order valence-electron chi connectivity index (χ4n) is 3.42. The van der Waals surface area contributed by atoms with Gasteiger partial charge in [-0.1, -0.05) is 127 Å². The molecule has 1 atom stereocenters. The standard InChI is InChI=1S/C24H41O/c1-2-3-4-5-6-7-8-9-10-11-12-13-14-18-21-24(25)22-23-19-16-15-17-20-23/h15-17,19-20,22,24-25H,2-14,18,21H2,1H3. The Kier molecular flexibility index (Phi) is 14.8. The van der Waals surface area contributed by atoms with E-state index in [1.54, 1.807) is 0 Å². The van der Waals surface area contributed by atoms with Crippen LogP contribution < -0.4 is 0 Å². The Balaban J connectivity index is 1.78. The van der Waals surface area contributed by atoms with Crippen molar-refractivity contribution in [3.05, 3.63) is 42.3 Å². The highest BCUT2D eigenvalue weighted by Gasteiger charge is 2.05. The van der Waals surface area contributed by atoms with Crippen LogP contribution in [0.1, 0.15) is 109 Å². The highest BCUT2D eigenvalue weighted by Crippen LogP contribution is 2.15. The Hall–Kier alpha value is -0.820. The Morgan fingerprint density at radius 2 is 1.12 bits per heavy atom. The molecule has 25 heavy (non-hydrogen) atoms. The third-order valence-corrected chi connectivity index (χ3v) is 5.04. The van der Waals surface area contributed by atoms with Crippen LogP contribution in [0.3, 0.4) is 0 Å². The van der Waals surface area contributed by atoms with Gasteiger partial charge in [-0.3, -0.25) is 0 Å². The maximum absolute atomic E-state index is 10.0. The summed E-state index contributed by atoms with van der Waals surface area (Å²) in [6, 6.07) is 10.1. The molecule has 0 fully saturated rings. The summed E-state index contributed by atoms with van der Waals surface area (Å²) in [4.78, 5) is 0. The normalized spacial score (nSPS) is 12.4. The molecule has 0 aliphatic rings. The van der Waals surface area contributed by atoms with Gasteiger partial charge in [-0.05, 0) is 12.0 Å². The molecule has 0 amide bonds. The van der Waals surface area contributed by atoms with Crippen LogP contribution in [0.15, 0.2) is 30.3 Å². The quantitative estimate of drug-likeness (QED) is 0.290. The van der Waals surface area contributed by atoms with E-state index < -0.39 is 0 Å². The van der Waals surface area contributed by atoms with Crippen LogP contribution in [0.5, 0.6) is 0 Å². The molecule has 0 aliphatic carbocycles. The van der Waals surface area contributed by atoms with Crippen molar-refractivity contribution in [2.24, 2.45) is 0 Å². The summed E-state index contributed by atoms with van der Waals surface area (Å²) in [5, 5.41) is 10.0. The molecule has 143 valence electrons. The minimum atomic E-state index is -0.292. The molecule has 0 aliphatic heterocycles. The van der Waals surface area contributed by atoms with Gasteiger partial charge in [0.2, 0.25) is 0 Å². The largest absolute Gasteiger partial charge is 0.392 e. The summed E-state index contributed by atoms with van der Waals surface area (Å²) < 4.78 is 0. The first-order chi connectivity index (χ1) is 12.3. The Morgan fingerprint density at radius 3 is 1.60 bits per heavy atom. The summed E-state index contributed by atoms with van der Waals surface area (Å²) in [6.45, 7) is 2.28. The van der Waals surface area contributed by atoms with E-state index in [9.17, 15) is 5.11 Å². The van der Waals surface area contributed by atoms with Crippen LogP contribution in [-0.2, 0) is 0 Å². The predicted molar refractivity (Wildman–Crippen MR) is 111 cm³/mol.